The van der Waals surface area contributed by atoms with Crippen LogP contribution in [0.1, 0.15) is 40.0 Å². The number of nitrogens with one attached hydrogen (secondary N) is 1. The minimum Gasteiger partial charge on any atom is -0.313 e. The van der Waals surface area contributed by atoms with Gasteiger partial charge in [-0.25, -0.2) is 0 Å². The maximum absolute atomic E-state index is 3.75. The molecular weight excluding hydrogens is 184 g/mol. The van der Waals surface area contributed by atoms with Crippen molar-refractivity contribution in [3.05, 3.63) is 12.7 Å². The Morgan fingerprint density at radius 3 is 2.53 bits per heavy atom. The van der Waals surface area contributed by atoms with Crippen LogP contribution in [0.4, 0.5) is 0 Å². The van der Waals surface area contributed by atoms with Gasteiger partial charge in [0, 0.05) is 18.6 Å². The van der Waals surface area contributed by atoms with Crippen molar-refractivity contribution in [1.29, 1.82) is 0 Å². The Morgan fingerprint density at radius 1 is 1.40 bits per heavy atom. The molecular formula is C13H28N2. The monoisotopic (exact) mass is 212 g/mol. The van der Waals surface area contributed by atoms with Gasteiger partial charge in [-0.2, -0.15) is 0 Å². The largest absolute Gasteiger partial charge is 0.313 e. The highest BCUT2D eigenvalue weighted by molar-refractivity contribution is 4.73. The van der Waals surface area contributed by atoms with Crippen LogP contribution in [0.5, 0.6) is 0 Å². The number of hydrogen-bond acceptors (Lipinski definition) is 2. The van der Waals surface area contributed by atoms with E-state index in [0.717, 1.165) is 13.0 Å². The first kappa shape index (κ1) is 14.7. The third kappa shape index (κ3) is 7.57. The van der Waals surface area contributed by atoms with Crippen molar-refractivity contribution in [2.75, 3.05) is 20.1 Å². The van der Waals surface area contributed by atoms with Crippen LogP contribution in [0.3, 0.4) is 0 Å². The Bertz CT molecular complexity index is 155. The molecule has 0 aromatic carbocycles. The molecule has 15 heavy (non-hydrogen) atoms. The van der Waals surface area contributed by atoms with E-state index in [-0.39, 0.29) is 0 Å². The van der Waals surface area contributed by atoms with Crippen LogP contribution in [0.2, 0.25) is 0 Å². The molecule has 0 fully saturated rings. The Hall–Kier alpha value is -0.340. The molecule has 1 atom stereocenters. The fourth-order valence-electron chi connectivity index (χ4n) is 1.65. The lowest BCUT2D eigenvalue weighted by Crippen LogP contribution is -2.42. The van der Waals surface area contributed by atoms with E-state index < -0.39 is 0 Å². The Kier molecular flexibility index (Phi) is 8.73. The average Bonchev–Trinajstić information content (AvgIpc) is 2.18. The van der Waals surface area contributed by atoms with Crippen molar-refractivity contribution >= 4 is 0 Å². The summed E-state index contributed by atoms with van der Waals surface area (Å²) in [6.45, 7) is 12.7. The molecule has 0 spiro atoms. The Morgan fingerprint density at radius 2 is 2.07 bits per heavy atom. The summed E-state index contributed by atoms with van der Waals surface area (Å²) in [7, 11) is 2.22. The first-order chi connectivity index (χ1) is 7.11. The molecule has 0 rings (SSSR count). The second-order valence-electron chi connectivity index (χ2n) is 4.54. The highest BCUT2D eigenvalue weighted by atomic mass is 15.1. The lowest BCUT2D eigenvalue weighted by atomic mass is 10.1. The van der Waals surface area contributed by atoms with E-state index >= 15 is 0 Å². The molecule has 0 saturated heterocycles. The maximum Gasteiger partial charge on any atom is 0.0215 e. The van der Waals surface area contributed by atoms with Crippen LogP contribution >= 0.6 is 0 Å². The smallest absolute Gasteiger partial charge is 0.0215 e. The first-order valence-corrected chi connectivity index (χ1v) is 6.16. The van der Waals surface area contributed by atoms with Gasteiger partial charge >= 0.3 is 0 Å². The predicted octanol–water partition coefficient (Wildman–Crippen LogP) is 2.66. The first-order valence-electron chi connectivity index (χ1n) is 6.16. The number of likely N-dealkylation sites (N-methyl/N-ethyl adjacent to an activating group) is 1. The summed E-state index contributed by atoms with van der Waals surface area (Å²) in [4.78, 5) is 2.46. The summed E-state index contributed by atoms with van der Waals surface area (Å²) < 4.78 is 0. The lowest BCUT2D eigenvalue weighted by Gasteiger charge is -2.28. The van der Waals surface area contributed by atoms with Crippen LogP contribution in [-0.2, 0) is 0 Å². The molecule has 90 valence electrons. The van der Waals surface area contributed by atoms with Crippen LogP contribution in [-0.4, -0.2) is 37.1 Å². The SMILES string of the molecule is C=CCCCN(C)C(CC)CNC(C)C. The molecule has 0 amide bonds. The van der Waals surface area contributed by atoms with Gasteiger partial charge in [0.25, 0.3) is 0 Å². The van der Waals surface area contributed by atoms with Gasteiger partial charge in [-0.05, 0) is 32.9 Å². The fraction of sp³-hybridized carbons (Fsp3) is 0.846. The molecule has 0 aromatic heterocycles. The normalized spacial score (nSPS) is 13.5. The summed E-state index contributed by atoms with van der Waals surface area (Å²) >= 11 is 0. The number of nitrogens with zero attached hydrogens (tertiary/aromatic N) is 1. The minimum absolute atomic E-state index is 0.584. The van der Waals surface area contributed by atoms with E-state index in [2.05, 4.69) is 44.6 Å². The number of unbranched alkanes of at least 4 members (excludes halogenated alkanes) is 1. The summed E-state index contributed by atoms with van der Waals surface area (Å²) in [6, 6.07) is 1.25. The van der Waals surface area contributed by atoms with Crippen molar-refractivity contribution in [3.63, 3.8) is 0 Å². The van der Waals surface area contributed by atoms with Crippen LogP contribution in [0, 0.1) is 0 Å². The molecule has 1 unspecified atom stereocenters. The van der Waals surface area contributed by atoms with Crippen molar-refractivity contribution in [2.24, 2.45) is 0 Å². The molecule has 0 aliphatic rings. The third-order valence-corrected chi connectivity index (χ3v) is 2.78. The van der Waals surface area contributed by atoms with E-state index in [1.54, 1.807) is 0 Å². The predicted molar refractivity (Wildman–Crippen MR) is 69.3 cm³/mol. The average molecular weight is 212 g/mol. The summed E-state index contributed by atoms with van der Waals surface area (Å²) in [6.07, 6.45) is 5.56. The van der Waals surface area contributed by atoms with Gasteiger partial charge in [0.2, 0.25) is 0 Å². The van der Waals surface area contributed by atoms with Gasteiger partial charge in [0.15, 0.2) is 0 Å². The van der Waals surface area contributed by atoms with E-state index in [1.165, 1.54) is 19.4 Å². The zero-order valence-electron chi connectivity index (χ0n) is 10.9. The molecule has 0 bridgehead atoms. The Labute approximate surface area is 95.7 Å². The molecule has 0 heterocycles. The van der Waals surface area contributed by atoms with E-state index in [4.69, 9.17) is 0 Å². The molecule has 2 nitrogen and oxygen atoms in total. The zero-order valence-corrected chi connectivity index (χ0v) is 10.9. The molecule has 1 N–H and O–H groups in total. The summed E-state index contributed by atoms with van der Waals surface area (Å²) in [5.41, 5.74) is 0. The van der Waals surface area contributed by atoms with Crippen LogP contribution < -0.4 is 5.32 Å². The topological polar surface area (TPSA) is 15.3 Å². The van der Waals surface area contributed by atoms with Gasteiger partial charge < -0.3 is 10.2 Å². The van der Waals surface area contributed by atoms with Gasteiger partial charge in [0.1, 0.15) is 0 Å². The number of rotatable bonds is 9. The summed E-state index contributed by atoms with van der Waals surface area (Å²) in [5, 5.41) is 3.51. The standard InChI is InChI=1S/C13H28N2/c1-6-8-9-10-15(5)13(7-2)11-14-12(3)4/h6,12-14H,1,7-11H2,2-5H3. The number of hydrogen-bond donors (Lipinski definition) is 1. The summed E-state index contributed by atoms with van der Waals surface area (Å²) in [5.74, 6) is 0. The number of allylic oxidation sites excluding steroid dienone is 1. The van der Waals surface area contributed by atoms with Crippen LogP contribution in [0.25, 0.3) is 0 Å². The Balaban J connectivity index is 3.76. The highest BCUT2D eigenvalue weighted by Crippen LogP contribution is 2.03. The van der Waals surface area contributed by atoms with Gasteiger partial charge in [-0.15, -0.1) is 6.58 Å². The fourth-order valence-corrected chi connectivity index (χ4v) is 1.65. The van der Waals surface area contributed by atoms with E-state index in [9.17, 15) is 0 Å². The van der Waals surface area contributed by atoms with Gasteiger partial charge in [0.05, 0.1) is 0 Å². The van der Waals surface area contributed by atoms with Crippen molar-refractivity contribution in [3.8, 4) is 0 Å². The van der Waals surface area contributed by atoms with E-state index in [0.29, 0.717) is 12.1 Å². The quantitative estimate of drug-likeness (QED) is 0.467. The zero-order chi connectivity index (χ0) is 11.7. The maximum atomic E-state index is 3.75. The molecule has 2 heteroatoms. The molecule has 0 aliphatic carbocycles. The molecule has 0 aromatic rings. The third-order valence-electron chi connectivity index (χ3n) is 2.78. The van der Waals surface area contributed by atoms with Crippen molar-refractivity contribution in [2.45, 2.75) is 52.1 Å². The highest BCUT2D eigenvalue weighted by Gasteiger charge is 2.11. The minimum atomic E-state index is 0.584. The van der Waals surface area contributed by atoms with Crippen LogP contribution in [0.15, 0.2) is 12.7 Å². The van der Waals surface area contributed by atoms with Crippen molar-refractivity contribution < 1.29 is 0 Å². The van der Waals surface area contributed by atoms with Gasteiger partial charge in [-0.3, -0.25) is 0 Å². The second-order valence-corrected chi connectivity index (χ2v) is 4.54. The van der Waals surface area contributed by atoms with E-state index in [1.807, 2.05) is 6.08 Å². The van der Waals surface area contributed by atoms with Gasteiger partial charge in [-0.1, -0.05) is 26.8 Å². The van der Waals surface area contributed by atoms with Crippen molar-refractivity contribution in [1.82, 2.24) is 10.2 Å². The second kappa shape index (κ2) is 8.93. The lowest BCUT2D eigenvalue weighted by molar-refractivity contribution is 0.224. The molecule has 0 radical (unpaired) electrons. The molecule has 0 saturated carbocycles. The molecule has 0 aliphatic heterocycles.